The summed E-state index contributed by atoms with van der Waals surface area (Å²) in [6.45, 7) is 0. The zero-order chi connectivity index (χ0) is 16.3. The molecule has 1 aromatic carbocycles. The molecule has 5 nitrogen and oxygen atoms in total. The topological polar surface area (TPSA) is 64.6 Å². The lowest BCUT2D eigenvalue weighted by Gasteiger charge is -2.25. The molecule has 1 heterocycles. The van der Waals surface area contributed by atoms with Crippen LogP contribution in [-0.4, -0.2) is 26.2 Å². The van der Waals surface area contributed by atoms with Crippen LogP contribution in [0.1, 0.15) is 11.5 Å². The quantitative estimate of drug-likeness (QED) is 0.856. The number of dihydropyridines is 1. The Hall–Kier alpha value is -1.98. The van der Waals surface area contributed by atoms with E-state index in [0.717, 1.165) is 0 Å². The van der Waals surface area contributed by atoms with E-state index < -0.39 is 17.9 Å². The number of benzene rings is 1. The molecule has 2 rings (SSSR count). The second-order valence-electron chi connectivity index (χ2n) is 4.43. The van der Waals surface area contributed by atoms with Gasteiger partial charge in [0.15, 0.2) is 0 Å². The lowest BCUT2D eigenvalue weighted by atomic mass is 9.83. The lowest BCUT2D eigenvalue weighted by molar-refractivity contribution is -0.137. The monoisotopic (exact) mass is 341 g/mol. The van der Waals surface area contributed by atoms with Gasteiger partial charge in [-0.3, -0.25) is 0 Å². The Bertz CT molecular complexity index is 650. The van der Waals surface area contributed by atoms with Crippen molar-refractivity contribution in [2.75, 3.05) is 14.2 Å². The molecule has 116 valence electrons. The molecule has 0 fully saturated rings. The number of methoxy groups -OCH3 is 2. The zero-order valence-corrected chi connectivity index (χ0v) is 13.4. The van der Waals surface area contributed by atoms with E-state index in [2.05, 4.69) is 5.32 Å². The van der Waals surface area contributed by atoms with Crippen molar-refractivity contribution in [3.63, 3.8) is 0 Å². The largest absolute Gasteiger partial charge is 0.466 e. The summed E-state index contributed by atoms with van der Waals surface area (Å²) in [5.41, 5.74) is 0.980. The molecule has 1 N–H and O–H groups in total. The molecule has 0 aliphatic carbocycles. The van der Waals surface area contributed by atoms with Gasteiger partial charge in [0.1, 0.15) is 0 Å². The van der Waals surface area contributed by atoms with Gasteiger partial charge in [0, 0.05) is 12.4 Å². The number of ether oxygens (including phenoxy) is 2. The highest BCUT2D eigenvalue weighted by atomic mass is 35.5. The minimum absolute atomic E-state index is 0.231. The van der Waals surface area contributed by atoms with Gasteiger partial charge in [0.05, 0.1) is 41.3 Å². The molecule has 22 heavy (non-hydrogen) atoms. The summed E-state index contributed by atoms with van der Waals surface area (Å²) in [4.78, 5) is 24.0. The highest BCUT2D eigenvalue weighted by Gasteiger charge is 2.35. The van der Waals surface area contributed by atoms with Gasteiger partial charge in [-0.2, -0.15) is 0 Å². The Kier molecular flexibility index (Phi) is 5.11. The van der Waals surface area contributed by atoms with Crippen LogP contribution in [-0.2, 0) is 19.1 Å². The van der Waals surface area contributed by atoms with E-state index in [1.165, 1.54) is 26.6 Å². The maximum atomic E-state index is 12.0. The van der Waals surface area contributed by atoms with Gasteiger partial charge in [-0.25, -0.2) is 9.59 Å². The van der Waals surface area contributed by atoms with E-state index in [1.807, 2.05) is 0 Å². The van der Waals surface area contributed by atoms with Crippen LogP contribution in [0, 0.1) is 0 Å². The van der Waals surface area contributed by atoms with Gasteiger partial charge >= 0.3 is 11.9 Å². The predicted octanol–water partition coefficient (Wildman–Crippen LogP) is 2.79. The van der Waals surface area contributed by atoms with Crippen LogP contribution in [0.15, 0.2) is 41.7 Å². The van der Waals surface area contributed by atoms with Gasteiger partial charge in [-0.15, -0.1) is 0 Å². The number of carbonyl (C=O) groups is 2. The summed E-state index contributed by atoms with van der Waals surface area (Å²) in [5, 5.41) is 3.34. The molecule has 0 radical (unpaired) electrons. The number of hydrogen-bond donors (Lipinski definition) is 1. The molecule has 0 saturated carbocycles. The highest BCUT2D eigenvalue weighted by Crippen LogP contribution is 2.40. The van der Waals surface area contributed by atoms with Gasteiger partial charge < -0.3 is 14.8 Å². The minimum atomic E-state index is -0.729. The van der Waals surface area contributed by atoms with Crippen molar-refractivity contribution in [2.24, 2.45) is 0 Å². The van der Waals surface area contributed by atoms with Crippen molar-refractivity contribution in [1.29, 1.82) is 0 Å². The fourth-order valence-corrected chi connectivity index (χ4v) is 2.64. The Morgan fingerprint density at radius 3 is 2.09 bits per heavy atom. The van der Waals surface area contributed by atoms with Gasteiger partial charge in [0.2, 0.25) is 0 Å². The van der Waals surface area contributed by atoms with Crippen LogP contribution in [0.2, 0.25) is 10.0 Å². The SMILES string of the molecule is COC(=O)C1=CNC=C(C(=O)OC)C1c1cccc(Cl)c1Cl. The number of hydrogen-bond acceptors (Lipinski definition) is 5. The number of carbonyl (C=O) groups excluding carboxylic acids is 2. The summed E-state index contributed by atoms with van der Waals surface area (Å²) in [5.74, 6) is -1.89. The normalized spacial score (nSPS) is 14.5. The third kappa shape index (κ3) is 2.96. The van der Waals surface area contributed by atoms with Crippen molar-refractivity contribution < 1.29 is 19.1 Å². The summed E-state index contributed by atoms with van der Waals surface area (Å²) in [6, 6.07) is 5.00. The fourth-order valence-electron chi connectivity index (χ4n) is 2.22. The van der Waals surface area contributed by atoms with Crippen molar-refractivity contribution in [3.8, 4) is 0 Å². The first-order chi connectivity index (χ1) is 10.5. The molecular formula is C15H13Cl2NO4. The van der Waals surface area contributed by atoms with E-state index in [1.54, 1.807) is 18.2 Å². The van der Waals surface area contributed by atoms with Crippen molar-refractivity contribution >= 4 is 35.1 Å². The molecule has 0 bridgehead atoms. The van der Waals surface area contributed by atoms with Crippen LogP contribution in [0.25, 0.3) is 0 Å². The van der Waals surface area contributed by atoms with E-state index in [-0.39, 0.29) is 16.2 Å². The number of halogens is 2. The highest BCUT2D eigenvalue weighted by molar-refractivity contribution is 6.42. The molecule has 0 spiro atoms. The summed E-state index contributed by atoms with van der Waals surface area (Å²) in [6.07, 6.45) is 2.92. The van der Waals surface area contributed by atoms with Gasteiger partial charge in [-0.1, -0.05) is 35.3 Å². The summed E-state index contributed by atoms with van der Waals surface area (Å²) >= 11 is 12.3. The Labute approximate surface area is 137 Å². The molecule has 0 saturated heterocycles. The van der Waals surface area contributed by atoms with E-state index in [9.17, 15) is 9.59 Å². The van der Waals surface area contributed by atoms with E-state index in [4.69, 9.17) is 32.7 Å². The van der Waals surface area contributed by atoms with Gasteiger partial charge in [-0.05, 0) is 11.6 Å². The van der Waals surface area contributed by atoms with Crippen molar-refractivity contribution in [3.05, 3.63) is 57.4 Å². The minimum Gasteiger partial charge on any atom is -0.466 e. The third-order valence-corrected chi connectivity index (χ3v) is 4.07. The standard InChI is InChI=1S/C15H13Cl2NO4/c1-21-14(19)9-6-18-7-10(15(20)22-2)12(9)8-4-3-5-11(16)13(8)17/h3-7,12,18H,1-2H3. The molecule has 1 aromatic rings. The number of rotatable bonds is 3. The Balaban J connectivity index is 2.60. The predicted molar refractivity (Wildman–Crippen MR) is 82.5 cm³/mol. The maximum Gasteiger partial charge on any atom is 0.336 e. The van der Waals surface area contributed by atoms with Crippen LogP contribution < -0.4 is 5.32 Å². The second-order valence-corrected chi connectivity index (χ2v) is 5.21. The van der Waals surface area contributed by atoms with Crippen LogP contribution in [0.4, 0.5) is 0 Å². The smallest absolute Gasteiger partial charge is 0.336 e. The average molecular weight is 342 g/mol. The lowest BCUT2D eigenvalue weighted by Crippen LogP contribution is -2.26. The second kappa shape index (κ2) is 6.85. The molecule has 1 aliphatic heterocycles. The average Bonchev–Trinajstić information content (AvgIpc) is 2.55. The first-order valence-electron chi connectivity index (χ1n) is 6.28. The first kappa shape index (κ1) is 16.4. The summed E-state index contributed by atoms with van der Waals surface area (Å²) < 4.78 is 9.54. The van der Waals surface area contributed by atoms with E-state index >= 15 is 0 Å². The molecule has 1 aliphatic rings. The number of esters is 2. The molecule has 0 aromatic heterocycles. The molecule has 0 unspecified atom stereocenters. The third-order valence-electron chi connectivity index (χ3n) is 3.23. The van der Waals surface area contributed by atoms with Crippen LogP contribution in [0.5, 0.6) is 0 Å². The van der Waals surface area contributed by atoms with Crippen molar-refractivity contribution in [1.82, 2.24) is 5.32 Å². The molecule has 0 amide bonds. The number of nitrogens with one attached hydrogen (secondary N) is 1. The molecule has 7 heteroatoms. The first-order valence-corrected chi connectivity index (χ1v) is 7.03. The maximum absolute atomic E-state index is 12.0. The fraction of sp³-hybridized carbons (Fsp3) is 0.200. The van der Waals surface area contributed by atoms with Gasteiger partial charge in [0.25, 0.3) is 0 Å². The zero-order valence-electron chi connectivity index (χ0n) is 11.9. The van der Waals surface area contributed by atoms with Crippen LogP contribution in [0.3, 0.4) is 0 Å². The Morgan fingerprint density at radius 1 is 1.05 bits per heavy atom. The molecular weight excluding hydrogens is 329 g/mol. The van der Waals surface area contributed by atoms with Crippen molar-refractivity contribution in [2.45, 2.75) is 5.92 Å². The molecule has 0 atom stereocenters. The van der Waals surface area contributed by atoms with Crippen LogP contribution >= 0.6 is 23.2 Å². The summed E-state index contributed by atoms with van der Waals surface area (Å²) in [7, 11) is 2.52. The Morgan fingerprint density at radius 2 is 1.59 bits per heavy atom. The van der Waals surface area contributed by atoms with E-state index in [0.29, 0.717) is 10.6 Å².